The smallest absolute Gasteiger partial charge is 0.146 e. The molecule has 0 aliphatic carbocycles. The summed E-state index contributed by atoms with van der Waals surface area (Å²) in [6.07, 6.45) is 6.21. The zero-order valence-corrected chi connectivity index (χ0v) is 12.0. The highest BCUT2D eigenvalue weighted by molar-refractivity contribution is 5.47. The van der Waals surface area contributed by atoms with Gasteiger partial charge in [-0.25, -0.2) is 4.39 Å². The van der Waals surface area contributed by atoms with Crippen LogP contribution in [0.4, 0.5) is 10.1 Å². The molecule has 1 saturated heterocycles. The molecule has 0 amide bonds. The Kier molecular flexibility index (Phi) is 5.20. The van der Waals surface area contributed by atoms with E-state index in [0.717, 1.165) is 18.5 Å². The van der Waals surface area contributed by atoms with E-state index in [0.29, 0.717) is 11.7 Å². The Morgan fingerprint density at radius 3 is 3.05 bits per heavy atom. The standard InChI is InChI=1S/C16H25FN2/c1-12-7-8-15(17)16(10-12)19-13(2)11-14-6-4-3-5-9-18-14/h7-8,10,13-14,18-19H,3-6,9,11H2,1-2H3. The predicted molar refractivity (Wildman–Crippen MR) is 79.1 cm³/mol. The van der Waals surface area contributed by atoms with Crippen molar-refractivity contribution in [2.75, 3.05) is 11.9 Å². The van der Waals surface area contributed by atoms with Crippen molar-refractivity contribution >= 4 is 5.69 Å². The summed E-state index contributed by atoms with van der Waals surface area (Å²) in [6.45, 7) is 5.24. The summed E-state index contributed by atoms with van der Waals surface area (Å²) in [7, 11) is 0. The molecule has 19 heavy (non-hydrogen) atoms. The van der Waals surface area contributed by atoms with Gasteiger partial charge in [-0.1, -0.05) is 18.9 Å². The normalized spacial score (nSPS) is 21.7. The number of benzene rings is 1. The molecule has 2 atom stereocenters. The highest BCUT2D eigenvalue weighted by atomic mass is 19.1. The minimum Gasteiger partial charge on any atom is -0.380 e. The third-order valence-corrected chi connectivity index (χ3v) is 3.82. The summed E-state index contributed by atoms with van der Waals surface area (Å²) in [6, 6.07) is 6.07. The molecule has 1 fully saturated rings. The van der Waals surface area contributed by atoms with Gasteiger partial charge in [0.1, 0.15) is 5.82 Å². The largest absolute Gasteiger partial charge is 0.380 e. The van der Waals surface area contributed by atoms with Gasteiger partial charge < -0.3 is 10.6 Å². The molecule has 1 aromatic carbocycles. The van der Waals surface area contributed by atoms with Crippen LogP contribution in [0.2, 0.25) is 0 Å². The summed E-state index contributed by atoms with van der Waals surface area (Å²) in [5, 5.41) is 6.89. The highest BCUT2D eigenvalue weighted by Crippen LogP contribution is 2.19. The molecular weight excluding hydrogens is 239 g/mol. The maximum absolute atomic E-state index is 13.7. The van der Waals surface area contributed by atoms with Crippen molar-refractivity contribution in [2.45, 2.75) is 58.0 Å². The number of anilines is 1. The first kappa shape index (κ1) is 14.3. The van der Waals surface area contributed by atoms with Gasteiger partial charge in [0.05, 0.1) is 5.69 Å². The third kappa shape index (κ3) is 4.50. The van der Waals surface area contributed by atoms with Crippen LogP contribution in [0.5, 0.6) is 0 Å². The molecule has 3 heteroatoms. The van der Waals surface area contributed by atoms with Gasteiger partial charge in [-0.15, -0.1) is 0 Å². The van der Waals surface area contributed by atoms with Gasteiger partial charge >= 0.3 is 0 Å². The molecule has 106 valence electrons. The molecule has 2 nitrogen and oxygen atoms in total. The summed E-state index contributed by atoms with van der Waals surface area (Å²) >= 11 is 0. The number of nitrogens with one attached hydrogen (secondary N) is 2. The van der Waals surface area contributed by atoms with E-state index in [1.807, 2.05) is 13.0 Å². The Hall–Kier alpha value is -1.09. The van der Waals surface area contributed by atoms with Crippen LogP contribution in [0.15, 0.2) is 18.2 Å². The Balaban J connectivity index is 1.89. The zero-order chi connectivity index (χ0) is 13.7. The first-order valence-electron chi connectivity index (χ1n) is 7.41. The van der Waals surface area contributed by atoms with Crippen molar-refractivity contribution < 1.29 is 4.39 Å². The van der Waals surface area contributed by atoms with E-state index in [1.54, 1.807) is 6.07 Å². The van der Waals surface area contributed by atoms with E-state index < -0.39 is 0 Å². The van der Waals surface area contributed by atoms with Crippen molar-refractivity contribution in [1.82, 2.24) is 5.32 Å². The van der Waals surface area contributed by atoms with Gasteiger partial charge in [-0.3, -0.25) is 0 Å². The molecule has 0 saturated carbocycles. The van der Waals surface area contributed by atoms with Crippen LogP contribution < -0.4 is 10.6 Å². The minimum absolute atomic E-state index is 0.161. The first-order chi connectivity index (χ1) is 9.15. The third-order valence-electron chi connectivity index (χ3n) is 3.82. The van der Waals surface area contributed by atoms with E-state index in [2.05, 4.69) is 17.6 Å². The second-order valence-corrected chi connectivity index (χ2v) is 5.76. The lowest BCUT2D eigenvalue weighted by Gasteiger charge is -2.22. The maximum Gasteiger partial charge on any atom is 0.146 e. The lowest BCUT2D eigenvalue weighted by atomic mass is 10.0. The fourth-order valence-electron chi connectivity index (χ4n) is 2.80. The van der Waals surface area contributed by atoms with Crippen molar-refractivity contribution in [3.63, 3.8) is 0 Å². The number of hydrogen-bond donors (Lipinski definition) is 2. The van der Waals surface area contributed by atoms with Crippen molar-refractivity contribution in [1.29, 1.82) is 0 Å². The highest BCUT2D eigenvalue weighted by Gasteiger charge is 2.15. The topological polar surface area (TPSA) is 24.1 Å². The molecular formula is C16H25FN2. The van der Waals surface area contributed by atoms with Crippen LogP contribution in [0.3, 0.4) is 0 Å². The summed E-state index contributed by atoms with van der Waals surface area (Å²) in [5.74, 6) is -0.161. The average molecular weight is 264 g/mol. The molecule has 0 radical (unpaired) electrons. The first-order valence-corrected chi connectivity index (χ1v) is 7.41. The molecule has 1 heterocycles. The van der Waals surface area contributed by atoms with E-state index in [9.17, 15) is 4.39 Å². The number of hydrogen-bond acceptors (Lipinski definition) is 2. The van der Waals surface area contributed by atoms with Crippen molar-refractivity contribution in [2.24, 2.45) is 0 Å². The number of halogens is 1. The fourth-order valence-corrected chi connectivity index (χ4v) is 2.80. The van der Waals surface area contributed by atoms with Gasteiger partial charge in [-0.05, 0) is 57.4 Å². The molecule has 0 bridgehead atoms. The van der Waals surface area contributed by atoms with Crippen LogP contribution in [0.25, 0.3) is 0 Å². The quantitative estimate of drug-likeness (QED) is 0.863. The van der Waals surface area contributed by atoms with E-state index >= 15 is 0 Å². The SMILES string of the molecule is Cc1ccc(F)c(NC(C)CC2CCCCCN2)c1. The molecule has 0 spiro atoms. The molecule has 2 N–H and O–H groups in total. The lowest BCUT2D eigenvalue weighted by Crippen LogP contribution is -2.33. The van der Waals surface area contributed by atoms with E-state index in [1.165, 1.54) is 31.7 Å². The Labute approximate surface area is 115 Å². The average Bonchev–Trinajstić information content (AvgIpc) is 2.62. The monoisotopic (exact) mass is 264 g/mol. The van der Waals surface area contributed by atoms with Crippen LogP contribution >= 0.6 is 0 Å². The van der Waals surface area contributed by atoms with Crippen LogP contribution in [0.1, 0.15) is 44.6 Å². The zero-order valence-electron chi connectivity index (χ0n) is 12.0. The molecule has 2 rings (SSSR count). The Morgan fingerprint density at radius 2 is 2.21 bits per heavy atom. The Bertz CT molecular complexity index is 398. The molecule has 1 aliphatic rings. The lowest BCUT2D eigenvalue weighted by molar-refractivity contribution is 0.455. The van der Waals surface area contributed by atoms with Crippen molar-refractivity contribution in [3.8, 4) is 0 Å². The van der Waals surface area contributed by atoms with E-state index in [4.69, 9.17) is 0 Å². The molecule has 1 aromatic rings. The van der Waals surface area contributed by atoms with Gasteiger partial charge in [-0.2, -0.15) is 0 Å². The van der Waals surface area contributed by atoms with Gasteiger partial charge in [0.25, 0.3) is 0 Å². The molecule has 0 aromatic heterocycles. The predicted octanol–water partition coefficient (Wildman–Crippen LogP) is 3.86. The van der Waals surface area contributed by atoms with Gasteiger partial charge in [0.2, 0.25) is 0 Å². The number of rotatable bonds is 4. The fraction of sp³-hybridized carbons (Fsp3) is 0.625. The second-order valence-electron chi connectivity index (χ2n) is 5.76. The van der Waals surface area contributed by atoms with Crippen LogP contribution in [0, 0.1) is 12.7 Å². The van der Waals surface area contributed by atoms with E-state index in [-0.39, 0.29) is 11.9 Å². The number of aryl methyl sites for hydroxylation is 1. The maximum atomic E-state index is 13.7. The van der Waals surface area contributed by atoms with Gasteiger partial charge in [0, 0.05) is 12.1 Å². The second kappa shape index (κ2) is 6.90. The summed E-state index contributed by atoms with van der Waals surface area (Å²) < 4.78 is 13.7. The van der Waals surface area contributed by atoms with Crippen molar-refractivity contribution in [3.05, 3.63) is 29.6 Å². The van der Waals surface area contributed by atoms with Gasteiger partial charge in [0.15, 0.2) is 0 Å². The minimum atomic E-state index is -0.161. The summed E-state index contributed by atoms with van der Waals surface area (Å²) in [5.41, 5.74) is 1.71. The Morgan fingerprint density at radius 1 is 1.37 bits per heavy atom. The van der Waals surface area contributed by atoms with Crippen LogP contribution in [-0.4, -0.2) is 18.6 Å². The van der Waals surface area contributed by atoms with Crippen LogP contribution in [-0.2, 0) is 0 Å². The molecule has 2 unspecified atom stereocenters. The molecule has 1 aliphatic heterocycles. The summed E-state index contributed by atoms with van der Waals surface area (Å²) in [4.78, 5) is 0.